The van der Waals surface area contributed by atoms with Crippen molar-refractivity contribution >= 4 is 5.91 Å². The topological polar surface area (TPSA) is 68.9 Å². The van der Waals surface area contributed by atoms with Gasteiger partial charge >= 0.3 is 0 Å². The summed E-state index contributed by atoms with van der Waals surface area (Å²) in [5.74, 6) is -0.478. The van der Waals surface area contributed by atoms with Gasteiger partial charge in [0.1, 0.15) is 0 Å². The number of carbonyl (C=O) groups is 1. The molecule has 0 aliphatic carbocycles. The van der Waals surface area contributed by atoms with Gasteiger partial charge in [-0.2, -0.15) is 0 Å². The van der Waals surface area contributed by atoms with Crippen molar-refractivity contribution in [3.8, 4) is 11.1 Å². The van der Waals surface area contributed by atoms with E-state index in [2.05, 4.69) is 9.97 Å². The van der Waals surface area contributed by atoms with Crippen LogP contribution in [0.2, 0.25) is 0 Å². The molecule has 0 radical (unpaired) electrons. The zero-order valence-electron chi connectivity index (χ0n) is 11.9. The van der Waals surface area contributed by atoms with Crippen LogP contribution in [0.1, 0.15) is 38.1 Å². The lowest BCUT2D eigenvalue weighted by Crippen LogP contribution is -2.11. The van der Waals surface area contributed by atoms with E-state index >= 15 is 0 Å². The number of amides is 1. The van der Waals surface area contributed by atoms with Crippen molar-refractivity contribution in [3.05, 3.63) is 48.5 Å². The van der Waals surface area contributed by atoms with E-state index in [0.29, 0.717) is 5.56 Å². The van der Waals surface area contributed by atoms with Crippen molar-refractivity contribution < 1.29 is 4.79 Å². The number of rotatable bonds is 2. The van der Waals surface area contributed by atoms with Crippen LogP contribution in [-0.4, -0.2) is 15.9 Å². The van der Waals surface area contributed by atoms with Crippen LogP contribution in [-0.2, 0) is 0 Å². The summed E-state index contributed by atoms with van der Waals surface area (Å²) in [6.07, 6.45) is 6.52. The van der Waals surface area contributed by atoms with E-state index in [1.54, 1.807) is 24.7 Å². The molecule has 0 fully saturated rings. The van der Waals surface area contributed by atoms with E-state index in [9.17, 15) is 4.79 Å². The summed E-state index contributed by atoms with van der Waals surface area (Å²) in [7, 11) is 0. The summed E-state index contributed by atoms with van der Waals surface area (Å²) < 4.78 is 0. The Labute approximate surface area is 114 Å². The van der Waals surface area contributed by atoms with Crippen LogP contribution >= 0.6 is 0 Å². The van der Waals surface area contributed by atoms with Gasteiger partial charge in [-0.3, -0.25) is 14.8 Å². The summed E-state index contributed by atoms with van der Waals surface area (Å²) in [5.41, 5.74) is 7.31. The fraction of sp³-hybridized carbons (Fsp3) is 0.267. The Balaban J connectivity index is 0.000000741. The molecule has 0 unspecified atom stereocenters. The predicted molar refractivity (Wildman–Crippen MR) is 78.7 cm³/mol. The normalized spacial score (nSPS) is 8.42. The highest BCUT2D eigenvalue weighted by Crippen LogP contribution is 2.17. The summed E-state index contributed by atoms with van der Waals surface area (Å²) >= 11 is 0. The molecule has 102 valence electrons. The number of nitrogens with zero attached hydrogens (tertiary/aromatic N) is 2. The lowest BCUT2D eigenvalue weighted by atomic mass is 10.1. The molecule has 2 rings (SSSR count). The third-order valence-electron chi connectivity index (χ3n) is 2.02. The highest BCUT2D eigenvalue weighted by Gasteiger charge is 2.03. The lowest BCUT2D eigenvalue weighted by molar-refractivity contribution is 0.1000. The fourth-order valence-electron chi connectivity index (χ4n) is 1.27. The van der Waals surface area contributed by atoms with Crippen LogP contribution in [0.3, 0.4) is 0 Å². The Morgan fingerprint density at radius 2 is 1.63 bits per heavy atom. The third-order valence-corrected chi connectivity index (χ3v) is 2.02. The molecule has 19 heavy (non-hydrogen) atoms. The number of hydrogen-bond donors (Lipinski definition) is 1. The van der Waals surface area contributed by atoms with Crippen molar-refractivity contribution in [2.45, 2.75) is 27.7 Å². The average molecular weight is 259 g/mol. The maximum absolute atomic E-state index is 11.0. The Kier molecular flexibility index (Phi) is 8.62. The van der Waals surface area contributed by atoms with Crippen LogP contribution < -0.4 is 5.73 Å². The quantitative estimate of drug-likeness (QED) is 0.899. The largest absolute Gasteiger partial charge is 0.366 e. The van der Waals surface area contributed by atoms with Gasteiger partial charge in [-0.1, -0.05) is 33.8 Å². The van der Waals surface area contributed by atoms with Gasteiger partial charge in [-0.15, -0.1) is 0 Å². The molecule has 0 aromatic carbocycles. The standard InChI is InChI=1S/C11H9N3O.2C2H6/c12-11(15)10-4-9(6-14-7-10)8-2-1-3-13-5-8;2*1-2/h1-7H,(H2,12,15);2*1-2H3. The number of carbonyl (C=O) groups excluding carboxylic acids is 1. The van der Waals surface area contributed by atoms with Gasteiger partial charge in [0.25, 0.3) is 0 Å². The predicted octanol–water partition coefficient (Wildman–Crippen LogP) is 3.29. The van der Waals surface area contributed by atoms with Crippen LogP contribution in [0.25, 0.3) is 11.1 Å². The monoisotopic (exact) mass is 259 g/mol. The number of pyridine rings is 2. The lowest BCUT2D eigenvalue weighted by Gasteiger charge is -2.01. The molecule has 0 saturated heterocycles. The Morgan fingerprint density at radius 1 is 1.00 bits per heavy atom. The minimum Gasteiger partial charge on any atom is -0.366 e. The van der Waals surface area contributed by atoms with Gasteiger partial charge in [-0.25, -0.2) is 0 Å². The number of nitrogens with two attached hydrogens (primary N) is 1. The van der Waals surface area contributed by atoms with E-state index in [1.807, 2.05) is 39.8 Å². The van der Waals surface area contributed by atoms with Gasteiger partial charge < -0.3 is 5.73 Å². The molecule has 0 saturated carbocycles. The summed E-state index contributed by atoms with van der Waals surface area (Å²) in [6, 6.07) is 5.42. The van der Waals surface area contributed by atoms with Gasteiger partial charge in [0.2, 0.25) is 5.91 Å². The average Bonchev–Trinajstić information content (AvgIpc) is 2.52. The van der Waals surface area contributed by atoms with Crippen molar-refractivity contribution in [2.24, 2.45) is 5.73 Å². The van der Waals surface area contributed by atoms with Crippen molar-refractivity contribution in [3.63, 3.8) is 0 Å². The maximum atomic E-state index is 11.0. The molecule has 0 spiro atoms. The van der Waals surface area contributed by atoms with E-state index < -0.39 is 5.91 Å². The second-order valence-corrected chi connectivity index (χ2v) is 3.07. The molecule has 4 heteroatoms. The molecule has 0 bridgehead atoms. The third kappa shape index (κ3) is 5.29. The van der Waals surface area contributed by atoms with E-state index in [1.165, 1.54) is 6.20 Å². The second kappa shape index (κ2) is 9.76. The SMILES string of the molecule is CC.CC.NC(=O)c1cncc(-c2cccnc2)c1. The maximum Gasteiger partial charge on any atom is 0.250 e. The molecule has 2 N–H and O–H groups in total. The molecule has 1 amide bonds. The second-order valence-electron chi connectivity index (χ2n) is 3.07. The fourth-order valence-corrected chi connectivity index (χ4v) is 1.27. The summed E-state index contributed by atoms with van der Waals surface area (Å²) in [6.45, 7) is 8.00. The van der Waals surface area contributed by atoms with Crippen LogP contribution in [0.15, 0.2) is 43.0 Å². The smallest absolute Gasteiger partial charge is 0.250 e. The van der Waals surface area contributed by atoms with Crippen LogP contribution in [0, 0.1) is 0 Å². The van der Waals surface area contributed by atoms with E-state index in [0.717, 1.165) is 11.1 Å². The van der Waals surface area contributed by atoms with Gasteiger partial charge in [0, 0.05) is 35.9 Å². The molecule has 4 nitrogen and oxygen atoms in total. The Hall–Kier alpha value is -2.23. The highest BCUT2D eigenvalue weighted by atomic mass is 16.1. The molecule has 0 aliphatic rings. The molecule has 0 aliphatic heterocycles. The first kappa shape index (κ1) is 16.8. The molecule has 2 aromatic rings. The number of hydrogen-bond acceptors (Lipinski definition) is 3. The van der Waals surface area contributed by atoms with Gasteiger partial charge in [-0.05, 0) is 12.1 Å². The number of aromatic nitrogens is 2. The van der Waals surface area contributed by atoms with Crippen molar-refractivity contribution in [2.75, 3.05) is 0 Å². The highest BCUT2D eigenvalue weighted by molar-refractivity contribution is 5.93. The summed E-state index contributed by atoms with van der Waals surface area (Å²) in [4.78, 5) is 18.9. The van der Waals surface area contributed by atoms with Crippen LogP contribution in [0.5, 0.6) is 0 Å². The molecule has 2 heterocycles. The van der Waals surface area contributed by atoms with Crippen molar-refractivity contribution in [1.29, 1.82) is 0 Å². The van der Waals surface area contributed by atoms with E-state index in [4.69, 9.17) is 5.73 Å². The minimum absolute atomic E-state index is 0.399. The van der Waals surface area contributed by atoms with Crippen molar-refractivity contribution in [1.82, 2.24) is 9.97 Å². The number of primary amides is 1. The molecule has 0 atom stereocenters. The molecule has 2 aromatic heterocycles. The zero-order chi connectivity index (χ0) is 14.7. The molecular weight excluding hydrogens is 238 g/mol. The Bertz CT molecular complexity index is 484. The summed E-state index contributed by atoms with van der Waals surface area (Å²) in [5, 5.41) is 0. The van der Waals surface area contributed by atoms with E-state index in [-0.39, 0.29) is 0 Å². The van der Waals surface area contributed by atoms with Crippen LogP contribution in [0.4, 0.5) is 0 Å². The van der Waals surface area contributed by atoms with Gasteiger partial charge in [0.15, 0.2) is 0 Å². The first-order chi connectivity index (χ1) is 9.27. The zero-order valence-corrected chi connectivity index (χ0v) is 11.9. The first-order valence-electron chi connectivity index (χ1n) is 6.42. The molecular formula is C15H21N3O. The van der Waals surface area contributed by atoms with Gasteiger partial charge in [0.05, 0.1) is 5.56 Å². The Morgan fingerprint density at radius 3 is 2.16 bits per heavy atom. The minimum atomic E-state index is -0.478. The first-order valence-corrected chi connectivity index (χ1v) is 6.42.